The Morgan fingerprint density at radius 2 is 1.90 bits per heavy atom. The number of nitriles is 1. The molecular formula is C14H14N4O2. The molecule has 2 aromatic rings. The third-order valence-corrected chi connectivity index (χ3v) is 2.53. The summed E-state index contributed by atoms with van der Waals surface area (Å²) in [5.74, 6) is 1.87. The van der Waals surface area contributed by atoms with Gasteiger partial charge in [0.15, 0.2) is 5.75 Å². The first kappa shape index (κ1) is 13.6. The minimum Gasteiger partial charge on any atom is -0.490 e. The molecule has 2 rings (SSSR count). The molecule has 0 aliphatic carbocycles. The van der Waals surface area contributed by atoms with Crippen LogP contribution >= 0.6 is 0 Å². The summed E-state index contributed by atoms with van der Waals surface area (Å²) in [6.07, 6.45) is 1.56. The van der Waals surface area contributed by atoms with Crippen molar-refractivity contribution in [2.75, 3.05) is 26.1 Å². The molecule has 102 valence electrons. The van der Waals surface area contributed by atoms with E-state index >= 15 is 0 Å². The van der Waals surface area contributed by atoms with E-state index in [0.717, 1.165) is 0 Å². The number of rotatable bonds is 4. The van der Waals surface area contributed by atoms with Crippen molar-refractivity contribution in [1.29, 1.82) is 5.26 Å². The summed E-state index contributed by atoms with van der Waals surface area (Å²) < 4.78 is 10.9. The molecule has 0 fully saturated rings. The van der Waals surface area contributed by atoms with Crippen LogP contribution in [0.25, 0.3) is 0 Å². The number of nitrogens with zero attached hydrogens (tertiary/aromatic N) is 4. The molecular weight excluding hydrogens is 256 g/mol. The van der Waals surface area contributed by atoms with E-state index in [1.165, 1.54) is 7.11 Å². The average molecular weight is 270 g/mol. The fraction of sp³-hybridized carbons (Fsp3) is 0.214. The van der Waals surface area contributed by atoms with Crippen molar-refractivity contribution in [1.82, 2.24) is 9.97 Å². The van der Waals surface area contributed by atoms with Crippen LogP contribution in [0.2, 0.25) is 0 Å². The van der Waals surface area contributed by atoms with E-state index in [0.29, 0.717) is 28.9 Å². The van der Waals surface area contributed by atoms with Crippen LogP contribution in [-0.4, -0.2) is 31.2 Å². The predicted octanol–water partition coefficient (Wildman–Crippen LogP) is 2.22. The van der Waals surface area contributed by atoms with Gasteiger partial charge >= 0.3 is 0 Å². The Hall–Kier alpha value is -2.81. The van der Waals surface area contributed by atoms with Gasteiger partial charge in [-0.25, -0.2) is 4.98 Å². The maximum absolute atomic E-state index is 8.76. The summed E-state index contributed by atoms with van der Waals surface area (Å²) in [4.78, 5) is 10.2. The number of hydrogen-bond acceptors (Lipinski definition) is 6. The van der Waals surface area contributed by atoms with Crippen molar-refractivity contribution >= 4 is 5.95 Å². The summed E-state index contributed by atoms with van der Waals surface area (Å²) >= 11 is 0. The van der Waals surface area contributed by atoms with Crippen molar-refractivity contribution in [2.45, 2.75) is 0 Å². The summed E-state index contributed by atoms with van der Waals surface area (Å²) in [7, 11) is 5.21. The number of benzene rings is 1. The highest BCUT2D eigenvalue weighted by molar-refractivity contribution is 5.42. The minimum atomic E-state index is 0.330. The number of aromatic nitrogens is 2. The standard InChI is InChI=1S/C14H14N4O2/c1-18(2)14-16-9-12(19-3)13(17-14)20-11-6-4-10(8-15)5-7-11/h4-7,9H,1-3H3. The third kappa shape index (κ3) is 2.95. The molecule has 6 nitrogen and oxygen atoms in total. The van der Waals surface area contributed by atoms with E-state index in [1.54, 1.807) is 35.4 Å². The zero-order chi connectivity index (χ0) is 14.5. The maximum Gasteiger partial charge on any atom is 0.267 e. The van der Waals surface area contributed by atoms with Crippen LogP contribution in [0.1, 0.15) is 5.56 Å². The fourth-order valence-corrected chi connectivity index (χ4v) is 1.48. The molecule has 1 aromatic carbocycles. The minimum absolute atomic E-state index is 0.330. The third-order valence-electron chi connectivity index (χ3n) is 2.53. The average Bonchev–Trinajstić information content (AvgIpc) is 2.48. The van der Waals surface area contributed by atoms with Gasteiger partial charge in [0.05, 0.1) is 24.9 Å². The smallest absolute Gasteiger partial charge is 0.267 e. The summed E-state index contributed by atoms with van der Waals surface area (Å²) in [6, 6.07) is 8.81. The van der Waals surface area contributed by atoms with E-state index in [1.807, 2.05) is 14.1 Å². The Balaban J connectivity index is 2.30. The molecule has 0 unspecified atom stereocenters. The fourth-order valence-electron chi connectivity index (χ4n) is 1.48. The van der Waals surface area contributed by atoms with Crippen LogP contribution in [-0.2, 0) is 0 Å². The van der Waals surface area contributed by atoms with Gasteiger partial charge in [-0.15, -0.1) is 0 Å². The molecule has 0 atom stereocenters. The maximum atomic E-state index is 8.76. The molecule has 0 saturated carbocycles. The SMILES string of the molecule is COc1cnc(N(C)C)nc1Oc1ccc(C#N)cc1. The van der Waals surface area contributed by atoms with E-state index in [2.05, 4.69) is 16.0 Å². The number of anilines is 1. The molecule has 20 heavy (non-hydrogen) atoms. The number of ether oxygens (including phenoxy) is 2. The Morgan fingerprint density at radius 3 is 2.45 bits per heavy atom. The van der Waals surface area contributed by atoms with E-state index in [9.17, 15) is 0 Å². The Bertz CT molecular complexity index is 633. The highest BCUT2D eigenvalue weighted by atomic mass is 16.5. The van der Waals surface area contributed by atoms with Crippen LogP contribution in [0.15, 0.2) is 30.5 Å². The van der Waals surface area contributed by atoms with Crippen molar-refractivity contribution in [3.05, 3.63) is 36.0 Å². The first-order valence-corrected chi connectivity index (χ1v) is 5.90. The van der Waals surface area contributed by atoms with Gasteiger partial charge in [-0.05, 0) is 24.3 Å². The predicted molar refractivity (Wildman–Crippen MR) is 74.1 cm³/mol. The van der Waals surface area contributed by atoms with Gasteiger partial charge in [0, 0.05) is 14.1 Å². The van der Waals surface area contributed by atoms with Gasteiger partial charge in [-0.3, -0.25) is 0 Å². The molecule has 0 N–H and O–H groups in total. The first-order valence-electron chi connectivity index (χ1n) is 5.90. The van der Waals surface area contributed by atoms with Crippen LogP contribution < -0.4 is 14.4 Å². The molecule has 0 saturated heterocycles. The van der Waals surface area contributed by atoms with Crippen molar-refractivity contribution < 1.29 is 9.47 Å². The Morgan fingerprint density at radius 1 is 1.20 bits per heavy atom. The van der Waals surface area contributed by atoms with Crippen LogP contribution in [0, 0.1) is 11.3 Å². The van der Waals surface area contributed by atoms with Crippen molar-refractivity contribution in [3.8, 4) is 23.4 Å². The van der Waals surface area contributed by atoms with Crippen molar-refractivity contribution in [2.24, 2.45) is 0 Å². The van der Waals surface area contributed by atoms with Crippen LogP contribution in [0.4, 0.5) is 5.95 Å². The topological polar surface area (TPSA) is 71.3 Å². The van der Waals surface area contributed by atoms with Gasteiger partial charge in [0.25, 0.3) is 5.88 Å². The lowest BCUT2D eigenvalue weighted by atomic mass is 10.2. The monoisotopic (exact) mass is 270 g/mol. The summed E-state index contributed by atoms with van der Waals surface area (Å²) in [5.41, 5.74) is 0.570. The van der Waals surface area contributed by atoms with Crippen LogP contribution in [0.3, 0.4) is 0 Å². The van der Waals surface area contributed by atoms with Gasteiger partial charge < -0.3 is 14.4 Å². The lowest BCUT2D eigenvalue weighted by molar-refractivity contribution is 0.367. The van der Waals surface area contributed by atoms with Gasteiger partial charge in [0.2, 0.25) is 5.95 Å². The molecule has 0 bridgehead atoms. The van der Waals surface area contributed by atoms with E-state index < -0.39 is 0 Å². The molecule has 0 aliphatic heterocycles. The van der Waals surface area contributed by atoms with E-state index in [4.69, 9.17) is 14.7 Å². The van der Waals surface area contributed by atoms with Crippen molar-refractivity contribution in [3.63, 3.8) is 0 Å². The number of methoxy groups -OCH3 is 1. The quantitative estimate of drug-likeness (QED) is 0.848. The second kappa shape index (κ2) is 5.89. The highest BCUT2D eigenvalue weighted by Gasteiger charge is 2.11. The molecule has 6 heteroatoms. The van der Waals surface area contributed by atoms with Crippen LogP contribution in [0.5, 0.6) is 17.4 Å². The zero-order valence-electron chi connectivity index (χ0n) is 11.5. The summed E-state index contributed by atoms with van der Waals surface area (Å²) in [5, 5.41) is 8.76. The van der Waals surface area contributed by atoms with Gasteiger partial charge in [-0.2, -0.15) is 10.2 Å². The molecule has 0 radical (unpaired) electrons. The first-order chi connectivity index (χ1) is 9.63. The highest BCUT2D eigenvalue weighted by Crippen LogP contribution is 2.29. The Labute approximate surface area is 117 Å². The second-order valence-corrected chi connectivity index (χ2v) is 4.18. The largest absolute Gasteiger partial charge is 0.490 e. The summed E-state index contributed by atoms with van der Waals surface area (Å²) in [6.45, 7) is 0. The molecule has 0 amide bonds. The second-order valence-electron chi connectivity index (χ2n) is 4.18. The van der Waals surface area contributed by atoms with E-state index in [-0.39, 0.29) is 0 Å². The molecule has 1 aromatic heterocycles. The molecule has 0 aliphatic rings. The van der Waals surface area contributed by atoms with Gasteiger partial charge in [0.1, 0.15) is 5.75 Å². The lowest BCUT2D eigenvalue weighted by Crippen LogP contribution is -2.13. The zero-order valence-corrected chi connectivity index (χ0v) is 11.5. The normalized spacial score (nSPS) is 9.70. The molecule has 1 heterocycles. The number of hydrogen-bond donors (Lipinski definition) is 0. The van der Waals surface area contributed by atoms with Gasteiger partial charge in [-0.1, -0.05) is 0 Å². The Kier molecular flexibility index (Phi) is 4.01. The molecule has 0 spiro atoms. The lowest BCUT2D eigenvalue weighted by Gasteiger charge is -2.13.